The number of benzene rings is 1. The topological polar surface area (TPSA) is 84.5 Å². The summed E-state index contributed by atoms with van der Waals surface area (Å²) in [4.78, 5) is 12.1. The van der Waals surface area contributed by atoms with Gasteiger partial charge in [0.15, 0.2) is 9.84 Å². The molecule has 0 saturated carbocycles. The van der Waals surface area contributed by atoms with Crippen molar-refractivity contribution in [3.63, 3.8) is 0 Å². The molecule has 1 aromatic carbocycles. The van der Waals surface area contributed by atoms with Gasteiger partial charge in [-0.2, -0.15) is 0 Å². The number of hydrogen-bond acceptors (Lipinski definition) is 4. The Balaban J connectivity index is 2.04. The highest BCUT2D eigenvalue weighted by molar-refractivity contribution is 7.92. The van der Waals surface area contributed by atoms with Crippen LogP contribution < -0.4 is 10.6 Å². The highest BCUT2D eigenvalue weighted by Crippen LogP contribution is 2.24. The fourth-order valence-corrected chi connectivity index (χ4v) is 3.45. The molecule has 1 aliphatic rings. The van der Waals surface area contributed by atoms with Gasteiger partial charge >= 0.3 is 6.03 Å². The molecule has 1 heterocycles. The SMILES string of the molecule is CC(C)S(=O)(=O)c1ccccc1NC(=O)NCC1CCCO1. The minimum Gasteiger partial charge on any atom is -0.376 e. The molecule has 2 amide bonds. The van der Waals surface area contributed by atoms with E-state index in [2.05, 4.69) is 10.6 Å². The zero-order valence-corrected chi connectivity index (χ0v) is 13.7. The quantitative estimate of drug-likeness (QED) is 0.868. The molecule has 0 aromatic heterocycles. The lowest BCUT2D eigenvalue weighted by Crippen LogP contribution is -2.35. The van der Waals surface area contributed by atoms with Gasteiger partial charge in [0.25, 0.3) is 0 Å². The van der Waals surface area contributed by atoms with E-state index >= 15 is 0 Å². The van der Waals surface area contributed by atoms with Gasteiger partial charge in [0.1, 0.15) is 0 Å². The number of amides is 2. The van der Waals surface area contributed by atoms with Gasteiger partial charge in [0, 0.05) is 13.2 Å². The van der Waals surface area contributed by atoms with Gasteiger partial charge in [0.2, 0.25) is 0 Å². The first-order chi connectivity index (χ1) is 10.4. The molecule has 0 aliphatic carbocycles. The second-order valence-corrected chi connectivity index (χ2v) is 8.03. The number of sulfone groups is 1. The molecule has 1 aliphatic heterocycles. The summed E-state index contributed by atoms with van der Waals surface area (Å²) in [6, 6.07) is 5.99. The molecule has 2 rings (SSSR count). The maximum atomic E-state index is 12.3. The number of para-hydroxylation sites is 1. The highest BCUT2D eigenvalue weighted by Gasteiger charge is 2.23. The number of rotatable bonds is 5. The van der Waals surface area contributed by atoms with E-state index in [0.717, 1.165) is 19.4 Å². The third-order valence-electron chi connectivity index (χ3n) is 3.58. The predicted octanol–water partition coefficient (Wildman–Crippen LogP) is 2.17. The molecule has 1 atom stereocenters. The van der Waals surface area contributed by atoms with Crippen molar-refractivity contribution in [1.29, 1.82) is 0 Å². The lowest BCUT2D eigenvalue weighted by molar-refractivity contribution is 0.112. The van der Waals surface area contributed by atoms with Crippen LogP contribution in [-0.4, -0.2) is 39.0 Å². The van der Waals surface area contributed by atoms with Crippen LogP contribution in [0.2, 0.25) is 0 Å². The van der Waals surface area contributed by atoms with Crippen LogP contribution in [0.5, 0.6) is 0 Å². The van der Waals surface area contributed by atoms with Gasteiger partial charge in [0.05, 0.1) is 21.9 Å². The molecular formula is C15H22N2O4S. The molecule has 1 unspecified atom stereocenters. The monoisotopic (exact) mass is 326 g/mol. The molecule has 0 radical (unpaired) electrons. The van der Waals surface area contributed by atoms with Gasteiger partial charge < -0.3 is 15.4 Å². The lowest BCUT2D eigenvalue weighted by Gasteiger charge is -2.15. The smallest absolute Gasteiger partial charge is 0.319 e. The lowest BCUT2D eigenvalue weighted by atomic mass is 10.2. The van der Waals surface area contributed by atoms with Crippen molar-refractivity contribution < 1.29 is 17.9 Å². The molecule has 22 heavy (non-hydrogen) atoms. The first-order valence-corrected chi connectivity index (χ1v) is 8.95. The molecule has 1 saturated heterocycles. The Kier molecular flexibility index (Phi) is 5.42. The Labute approximate surface area is 131 Å². The van der Waals surface area contributed by atoms with Crippen molar-refractivity contribution in [2.75, 3.05) is 18.5 Å². The zero-order chi connectivity index (χ0) is 16.2. The van der Waals surface area contributed by atoms with Gasteiger partial charge in [-0.25, -0.2) is 13.2 Å². The number of ether oxygens (including phenoxy) is 1. The van der Waals surface area contributed by atoms with Crippen LogP contribution in [0.1, 0.15) is 26.7 Å². The average Bonchev–Trinajstić information content (AvgIpc) is 2.98. The number of hydrogen-bond donors (Lipinski definition) is 2. The largest absolute Gasteiger partial charge is 0.376 e. The first-order valence-electron chi connectivity index (χ1n) is 7.40. The molecule has 1 aromatic rings. The van der Waals surface area contributed by atoms with Crippen LogP contribution in [0.4, 0.5) is 10.5 Å². The maximum Gasteiger partial charge on any atom is 0.319 e. The molecule has 0 bridgehead atoms. The van der Waals surface area contributed by atoms with Gasteiger partial charge in [-0.3, -0.25) is 0 Å². The third kappa shape index (κ3) is 3.98. The van der Waals surface area contributed by atoms with E-state index in [1.807, 2.05) is 0 Å². The zero-order valence-electron chi connectivity index (χ0n) is 12.8. The van der Waals surface area contributed by atoms with Crippen LogP contribution in [0.3, 0.4) is 0 Å². The summed E-state index contributed by atoms with van der Waals surface area (Å²) in [6.07, 6.45) is 1.97. The predicted molar refractivity (Wildman–Crippen MR) is 84.8 cm³/mol. The molecule has 0 spiro atoms. The molecule has 7 heteroatoms. The second-order valence-electron chi connectivity index (χ2n) is 5.56. The first kappa shape index (κ1) is 16.8. The van der Waals surface area contributed by atoms with Crippen molar-refractivity contribution in [3.05, 3.63) is 24.3 Å². The Morgan fingerprint density at radius 2 is 2.09 bits per heavy atom. The number of carbonyl (C=O) groups is 1. The fraction of sp³-hybridized carbons (Fsp3) is 0.533. The van der Waals surface area contributed by atoms with E-state index in [9.17, 15) is 13.2 Å². The van der Waals surface area contributed by atoms with E-state index in [1.165, 1.54) is 6.07 Å². The van der Waals surface area contributed by atoms with Crippen molar-refractivity contribution in [3.8, 4) is 0 Å². The van der Waals surface area contributed by atoms with E-state index in [4.69, 9.17) is 4.74 Å². The van der Waals surface area contributed by atoms with Crippen LogP contribution in [0, 0.1) is 0 Å². The number of nitrogens with one attached hydrogen (secondary N) is 2. The number of urea groups is 1. The highest BCUT2D eigenvalue weighted by atomic mass is 32.2. The summed E-state index contributed by atoms with van der Waals surface area (Å²) >= 11 is 0. The summed E-state index contributed by atoms with van der Waals surface area (Å²) in [7, 11) is -3.45. The van der Waals surface area contributed by atoms with Crippen molar-refractivity contribution in [2.24, 2.45) is 0 Å². The van der Waals surface area contributed by atoms with Crippen molar-refractivity contribution in [1.82, 2.24) is 5.32 Å². The molecule has 1 fully saturated rings. The number of anilines is 1. The van der Waals surface area contributed by atoms with Crippen LogP contribution in [0.15, 0.2) is 29.2 Å². The second kappa shape index (κ2) is 7.11. The van der Waals surface area contributed by atoms with Crippen LogP contribution >= 0.6 is 0 Å². The molecule has 2 N–H and O–H groups in total. The minimum absolute atomic E-state index is 0.0420. The minimum atomic E-state index is -3.45. The average molecular weight is 326 g/mol. The molecular weight excluding hydrogens is 304 g/mol. The standard InChI is InChI=1S/C15H22N2O4S/c1-11(2)22(19,20)14-8-4-3-7-13(14)17-15(18)16-10-12-6-5-9-21-12/h3-4,7-8,11-12H,5-6,9-10H2,1-2H3,(H2,16,17,18). The van der Waals surface area contributed by atoms with Gasteiger partial charge in [-0.15, -0.1) is 0 Å². The normalized spacial score (nSPS) is 18.4. The Morgan fingerprint density at radius 1 is 1.36 bits per heavy atom. The third-order valence-corrected chi connectivity index (χ3v) is 5.79. The number of carbonyl (C=O) groups excluding carboxylic acids is 1. The summed E-state index contributed by atoms with van der Waals surface area (Å²) in [5.74, 6) is 0. The van der Waals surface area contributed by atoms with E-state index in [-0.39, 0.29) is 11.0 Å². The van der Waals surface area contributed by atoms with Crippen molar-refractivity contribution in [2.45, 2.75) is 42.9 Å². The summed E-state index contributed by atoms with van der Waals surface area (Å²) < 4.78 is 30.0. The summed E-state index contributed by atoms with van der Waals surface area (Å²) in [6.45, 7) is 4.38. The van der Waals surface area contributed by atoms with E-state index in [1.54, 1.807) is 32.0 Å². The Hall–Kier alpha value is -1.60. The fourth-order valence-electron chi connectivity index (χ4n) is 2.25. The maximum absolute atomic E-state index is 12.3. The van der Waals surface area contributed by atoms with E-state index in [0.29, 0.717) is 12.2 Å². The van der Waals surface area contributed by atoms with Crippen LogP contribution in [0.25, 0.3) is 0 Å². The molecule has 122 valence electrons. The Bertz CT molecular complexity index is 622. The Morgan fingerprint density at radius 3 is 2.73 bits per heavy atom. The van der Waals surface area contributed by atoms with E-state index < -0.39 is 21.1 Å². The summed E-state index contributed by atoms with van der Waals surface area (Å²) in [5, 5.41) is 4.77. The summed E-state index contributed by atoms with van der Waals surface area (Å²) in [5.41, 5.74) is 0.293. The van der Waals surface area contributed by atoms with Gasteiger partial charge in [-0.05, 0) is 38.8 Å². The molecule has 6 nitrogen and oxygen atoms in total. The van der Waals surface area contributed by atoms with Crippen LogP contribution in [-0.2, 0) is 14.6 Å². The van der Waals surface area contributed by atoms with Gasteiger partial charge in [-0.1, -0.05) is 12.1 Å². The van der Waals surface area contributed by atoms with Crippen molar-refractivity contribution >= 4 is 21.6 Å².